The van der Waals surface area contributed by atoms with Crippen LogP contribution < -0.4 is 0 Å². The Morgan fingerprint density at radius 2 is 2.00 bits per heavy atom. The zero-order chi connectivity index (χ0) is 17.7. The number of Topliss-reactive ketones (excluding diaryl/α,β-unsaturated/α-hetero) is 1. The molecule has 0 amide bonds. The van der Waals surface area contributed by atoms with E-state index in [1.807, 2.05) is 0 Å². The standard InChI is InChI=1S/C15H20Cl2O6/c1-5-6-12(20)11(19)14(17)10(8-23-9(2)18)7-13(12,16)15(14,21-3)22-4/h5,10,20H,1,6-8H2,2-4H3/t10-,12+,13-,14+/m0/s1. The van der Waals surface area contributed by atoms with Gasteiger partial charge in [0.1, 0.15) is 4.87 Å². The molecule has 0 aromatic rings. The van der Waals surface area contributed by atoms with Crippen molar-refractivity contribution in [2.24, 2.45) is 5.92 Å². The van der Waals surface area contributed by atoms with Gasteiger partial charge in [0.15, 0.2) is 16.3 Å². The first kappa shape index (κ1) is 18.7. The zero-order valence-electron chi connectivity index (χ0n) is 13.2. The monoisotopic (exact) mass is 366 g/mol. The number of alkyl halides is 2. The van der Waals surface area contributed by atoms with Crippen molar-refractivity contribution < 1.29 is 28.9 Å². The van der Waals surface area contributed by atoms with Gasteiger partial charge in [0.25, 0.3) is 0 Å². The van der Waals surface area contributed by atoms with Gasteiger partial charge in [-0.25, -0.2) is 0 Å². The van der Waals surface area contributed by atoms with Crippen molar-refractivity contribution >= 4 is 35.0 Å². The molecule has 0 unspecified atom stereocenters. The second-order valence-electron chi connectivity index (χ2n) is 5.92. The van der Waals surface area contributed by atoms with E-state index < -0.39 is 38.8 Å². The van der Waals surface area contributed by atoms with Crippen LogP contribution in [-0.2, 0) is 23.8 Å². The Balaban J connectivity index is 2.59. The molecule has 2 aliphatic rings. The third-order valence-electron chi connectivity index (χ3n) is 4.95. The molecular weight excluding hydrogens is 347 g/mol. The summed E-state index contributed by atoms with van der Waals surface area (Å²) >= 11 is 13.4. The molecule has 6 nitrogen and oxygen atoms in total. The molecule has 2 bridgehead atoms. The molecule has 2 fully saturated rings. The van der Waals surface area contributed by atoms with Crippen molar-refractivity contribution in [2.45, 2.75) is 40.9 Å². The van der Waals surface area contributed by atoms with Gasteiger partial charge in [0.2, 0.25) is 5.79 Å². The largest absolute Gasteiger partial charge is 0.465 e. The van der Waals surface area contributed by atoms with E-state index in [1.165, 1.54) is 27.2 Å². The van der Waals surface area contributed by atoms with Crippen LogP contribution in [0, 0.1) is 5.92 Å². The highest BCUT2D eigenvalue weighted by atomic mass is 35.5. The Labute approximate surface area is 144 Å². The Morgan fingerprint density at radius 1 is 1.43 bits per heavy atom. The van der Waals surface area contributed by atoms with E-state index in [1.54, 1.807) is 0 Å². The summed E-state index contributed by atoms with van der Waals surface area (Å²) in [6.45, 7) is 4.68. The molecule has 0 aromatic heterocycles. The van der Waals surface area contributed by atoms with Crippen molar-refractivity contribution in [3.8, 4) is 0 Å². The molecule has 4 atom stereocenters. The molecule has 2 saturated carbocycles. The number of rotatable bonds is 6. The number of hydrogen-bond acceptors (Lipinski definition) is 6. The lowest BCUT2D eigenvalue weighted by Gasteiger charge is -2.42. The molecule has 0 saturated heterocycles. The van der Waals surface area contributed by atoms with Crippen LogP contribution in [0.4, 0.5) is 0 Å². The van der Waals surface area contributed by atoms with Crippen LogP contribution in [0.1, 0.15) is 19.8 Å². The van der Waals surface area contributed by atoms with Crippen LogP contribution in [0.15, 0.2) is 12.7 Å². The van der Waals surface area contributed by atoms with Gasteiger partial charge in [-0.3, -0.25) is 9.59 Å². The van der Waals surface area contributed by atoms with Crippen molar-refractivity contribution in [1.82, 2.24) is 0 Å². The van der Waals surface area contributed by atoms with Gasteiger partial charge in [-0.2, -0.15) is 0 Å². The maximum Gasteiger partial charge on any atom is 0.302 e. The number of esters is 1. The second kappa shape index (κ2) is 5.70. The molecule has 0 radical (unpaired) electrons. The minimum atomic E-state index is -1.99. The molecule has 23 heavy (non-hydrogen) atoms. The Bertz CT molecular complexity index is 548. The highest BCUT2D eigenvalue weighted by Gasteiger charge is 2.90. The average molecular weight is 367 g/mol. The zero-order valence-corrected chi connectivity index (χ0v) is 14.7. The predicted octanol–water partition coefficient (Wildman–Crippen LogP) is 1.40. The van der Waals surface area contributed by atoms with E-state index in [0.29, 0.717) is 0 Å². The Hall–Kier alpha value is -0.660. The van der Waals surface area contributed by atoms with E-state index in [2.05, 4.69) is 6.58 Å². The van der Waals surface area contributed by atoms with Crippen molar-refractivity contribution in [3.63, 3.8) is 0 Å². The summed E-state index contributed by atoms with van der Waals surface area (Å²) in [5.41, 5.74) is -1.99. The lowest BCUT2D eigenvalue weighted by atomic mass is 9.75. The minimum absolute atomic E-state index is 0.0725. The normalized spacial score (nSPS) is 41.1. The van der Waals surface area contributed by atoms with Crippen molar-refractivity contribution in [2.75, 3.05) is 20.8 Å². The van der Waals surface area contributed by atoms with Crippen LogP contribution in [0.5, 0.6) is 0 Å². The number of ketones is 1. The number of halogens is 2. The number of hydrogen-bond donors (Lipinski definition) is 1. The Kier molecular flexibility index (Phi) is 4.63. The second-order valence-corrected chi connectivity index (χ2v) is 7.17. The van der Waals surface area contributed by atoms with Crippen LogP contribution in [-0.4, -0.2) is 58.8 Å². The predicted molar refractivity (Wildman–Crippen MR) is 83.4 cm³/mol. The molecule has 0 aromatic carbocycles. The summed E-state index contributed by atoms with van der Waals surface area (Å²) in [6.07, 6.45) is 1.36. The number of methoxy groups -OCH3 is 2. The molecular formula is C15H20Cl2O6. The lowest BCUT2D eigenvalue weighted by molar-refractivity contribution is -0.232. The maximum atomic E-state index is 13.0. The number of carbonyl (C=O) groups excluding carboxylic acids is 2. The SMILES string of the molecule is C=CC[C@@]1(O)C(=O)[C@]2(Cl)[C@H](COC(C)=O)C[C@@]1(Cl)C2(OC)OC. The summed E-state index contributed by atoms with van der Waals surface area (Å²) in [6, 6.07) is 0. The van der Waals surface area contributed by atoms with Gasteiger partial charge in [0, 0.05) is 33.5 Å². The van der Waals surface area contributed by atoms with Gasteiger partial charge in [-0.1, -0.05) is 6.08 Å². The van der Waals surface area contributed by atoms with E-state index >= 15 is 0 Å². The topological polar surface area (TPSA) is 82.1 Å². The molecule has 0 aliphatic heterocycles. The first-order valence-electron chi connectivity index (χ1n) is 7.11. The number of ether oxygens (including phenoxy) is 3. The van der Waals surface area contributed by atoms with Gasteiger partial charge in [-0.05, 0) is 6.42 Å². The van der Waals surface area contributed by atoms with E-state index in [0.717, 1.165) is 0 Å². The van der Waals surface area contributed by atoms with E-state index in [-0.39, 0.29) is 19.4 Å². The summed E-state index contributed by atoms with van der Waals surface area (Å²) in [5.74, 6) is -3.65. The lowest BCUT2D eigenvalue weighted by Crippen LogP contribution is -2.60. The summed E-state index contributed by atoms with van der Waals surface area (Å²) in [5, 5.41) is 11.0. The van der Waals surface area contributed by atoms with Gasteiger partial charge in [-0.15, -0.1) is 29.8 Å². The van der Waals surface area contributed by atoms with Gasteiger partial charge in [0.05, 0.1) is 6.61 Å². The third kappa shape index (κ3) is 1.93. The summed E-state index contributed by atoms with van der Waals surface area (Å²) in [4.78, 5) is 20.6. The summed E-state index contributed by atoms with van der Waals surface area (Å²) in [7, 11) is 2.61. The molecule has 0 spiro atoms. The molecule has 1 N–H and O–H groups in total. The van der Waals surface area contributed by atoms with Crippen LogP contribution in [0.2, 0.25) is 0 Å². The average Bonchev–Trinajstić information content (AvgIpc) is 2.75. The smallest absolute Gasteiger partial charge is 0.302 e. The highest BCUT2D eigenvalue weighted by molar-refractivity contribution is 6.44. The van der Waals surface area contributed by atoms with Crippen molar-refractivity contribution in [1.29, 1.82) is 0 Å². The first-order valence-corrected chi connectivity index (χ1v) is 7.86. The summed E-state index contributed by atoms with van der Waals surface area (Å²) < 4.78 is 15.9. The fraction of sp³-hybridized carbons (Fsp3) is 0.733. The first-order chi connectivity index (χ1) is 10.6. The van der Waals surface area contributed by atoms with E-state index in [4.69, 9.17) is 37.4 Å². The highest BCUT2D eigenvalue weighted by Crippen LogP contribution is 2.70. The quantitative estimate of drug-likeness (QED) is 0.331. The molecule has 0 heterocycles. The van der Waals surface area contributed by atoms with Gasteiger partial charge >= 0.3 is 5.97 Å². The van der Waals surface area contributed by atoms with Crippen LogP contribution >= 0.6 is 23.2 Å². The third-order valence-corrected chi connectivity index (χ3v) is 6.40. The molecule has 2 aliphatic carbocycles. The fourth-order valence-corrected chi connectivity index (χ4v) is 5.30. The number of carbonyl (C=O) groups is 2. The van der Waals surface area contributed by atoms with E-state index in [9.17, 15) is 14.7 Å². The Morgan fingerprint density at radius 3 is 2.43 bits per heavy atom. The minimum Gasteiger partial charge on any atom is -0.465 e. The fourth-order valence-electron chi connectivity index (χ4n) is 3.99. The van der Waals surface area contributed by atoms with Crippen LogP contribution in [0.25, 0.3) is 0 Å². The van der Waals surface area contributed by atoms with Gasteiger partial charge < -0.3 is 19.3 Å². The van der Waals surface area contributed by atoms with Crippen molar-refractivity contribution in [3.05, 3.63) is 12.7 Å². The molecule has 8 heteroatoms. The molecule has 130 valence electrons. The molecule has 2 rings (SSSR count). The maximum absolute atomic E-state index is 13.0. The number of fused-ring (bicyclic) bond motifs is 2. The number of aliphatic hydroxyl groups is 1. The van der Waals surface area contributed by atoms with Crippen LogP contribution in [0.3, 0.4) is 0 Å².